The molecule has 0 fully saturated rings. The summed E-state index contributed by atoms with van der Waals surface area (Å²) in [5.74, 6) is 6.34. The number of rotatable bonds is 3. The van der Waals surface area contributed by atoms with Crippen molar-refractivity contribution in [3.05, 3.63) is 105 Å². The van der Waals surface area contributed by atoms with Crippen molar-refractivity contribution >= 4 is 39.5 Å². The fraction of sp³-hybridized carbons (Fsp3) is 0.0417. The second-order valence-corrected chi connectivity index (χ2v) is 7.72. The Kier molecular flexibility index (Phi) is 5.07. The predicted octanol–water partition coefficient (Wildman–Crippen LogP) is 6.38. The minimum absolute atomic E-state index is 0.120. The lowest BCUT2D eigenvalue weighted by Crippen LogP contribution is -2.00. The molecule has 4 aromatic rings. The quantitative estimate of drug-likeness (QED) is 0.295. The first-order valence-electron chi connectivity index (χ1n) is 8.56. The van der Waals surface area contributed by atoms with Crippen molar-refractivity contribution in [2.75, 3.05) is 0 Å². The third kappa shape index (κ3) is 4.28. The highest BCUT2D eigenvalue weighted by Gasteiger charge is 2.10. The molecule has 0 saturated carbocycles. The number of fused-ring (bicyclic) bond motifs is 1. The lowest BCUT2D eigenvalue weighted by Gasteiger charge is -2.02. The minimum atomic E-state index is 0.120. The highest BCUT2D eigenvalue weighted by Crippen LogP contribution is 2.20. The van der Waals surface area contributed by atoms with Gasteiger partial charge < -0.3 is 0 Å². The monoisotopic (exact) mass is 386 g/mol. The second kappa shape index (κ2) is 7.80. The fourth-order valence-electron chi connectivity index (χ4n) is 2.84. The largest absolute Gasteiger partial charge is 0.293 e. The van der Waals surface area contributed by atoms with E-state index in [1.807, 2.05) is 54.6 Å². The zero-order valence-electron chi connectivity index (χ0n) is 14.4. The van der Waals surface area contributed by atoms with Gasteiger partial charge in [0.05, 0.1) is 9.75 Å². The maximum absolute atomic E-state index is 12.6. The molecule has 0 N–H and O–H groups in total. The summed E-state index contributed by atoms with van der Waals surface area (Å²) < 4.78 is 0. The van der Waals surface area contributed by atoms with Crippen LogP contribution >= 0.6 is 22.9 Å². The SMILES string of the molecule is O=C(Cc1ccc2ccccc2c1)c1ccc(C#Cc2ccc(Cl)cc2)s1. The summed E-state index contributed by atoms with van der Waals surface area (Å²) in [6.07, 6.45) is 0.398. The summed E-state index contributed by atoms with van der Waals surface area (Å²) in [5, 5.41) is 3.03. The lowest BCUT2D eigenvalue weighted by atomic mass is 10.0. The number of thiophene rings is 1. The summed E-state index contributed by atoms with van der Waals surface area (Å²) in [4.78, 5) is 14.2. The zero-order valence-corrected chi connectivity index (χ0v) is 16.0. The third-order valence-corrected chi connectivity index (χ3v) is 5.53. The van der Waals surface area contributed by atoms with Gasteiger partial charge in [-0.3, -0.25) is 4.79 Å². The highest BCUT2D eigenvalue weighted by atomic mass is 35.5. The van der Waals surface area contributed by atoms with Crippen molar-refractivity contribution < 1.29 is 4.79 Å². The van der Waals surface area contributed by atoms with Gasteiger partial charge in [0.15, 0.2) is 5.78 Å². The van der Waals surface area contributed by atoms with Crippen LogP contribution in [-0.2, 0) is 6.42 Å². The van der Waals surface area contributed by atoms with Crippen molar-refractivity contribution in [3.63, 3.8) is 0 Å². The molecule has 1 nitrogen and oxygen atoms in total. The standard InChI is InChI=1S/C24H15ClOS/c25-21-10-6-17(7-11-21)8-12-22-13-14-24(27-22)23(26)16-18-5-9-19-3-1-2-4-20(19)15-18/h1-7,9-11,13-15H,16H2. The van der Waals surface area contributed by atoms with E-state index in [4.69, 9.17) is 11.6 Å². The predicted molar refractivity (Wildman–Crippen MR) is 114 cm³/mol. The molecular formula is C24H15ClOS. The van der Waals surface area contributed by atoms with Crippen LogP contribution in [0.25, 0.3) is 10.8 Å². The van der Waals surface area contributed by atoms with Gasteiger partial charge in [0.1, 0.15) is 0 Å². The topological polar surface area (TPSA) is 17.1 Å². The number of carbonyl (C=O) groups is 1. The minimum Gasteiger partial charge on any atom is -0.293 e. The van der Waals surface area contributed by atoms with Crippen LogP contribution in [0.2, 0.25) is 5.02 Å². The molecule has 3 heteroatoms. The average molecular weight is 387 g/mol. The second-order valence-electron chi connectivity index (χ2n) is 6.20. The van der Waals surface area contributed by atoms with Crippen molar-refractivity contribution in [1.82, 2.24) is 0 Å². The summed E-state index contributed by atoms with van der Waals surface area (Å²) in [7, 11) is 0. The van der Waals surface area contributed by atoms with E-state index in [2.05, 4.69) is 36.1 Å². The van der Waals surface area contributed by atoms with Gasteiger partial charge in [0.2, 0.25) is 0 Å². The van der Waals surface area contributed by atoms with Gasteiger partial charge in [-0.2, -0.15) is 0 Å². The van der Waals surface area contributed by atoms with E-state index in [0.717, 1.165) is 26.3 Å². The average Bonchev–Trinajstić information content (AvgIpc) is 3.17. The summed E-state index contributed by atoms with van der Waals surface area (Å²) in [5.41, 5.74) is 1.93. The number of Topliss-reactive ketones (excluding diaryl/α,β-unsaturated/α-hetero) is 1. The van der Waals surface area contributed by atoms with E-state index in [9.17, 15) is 4.79 Å². The molecule has 4 rings (SSSR count). The first-order valence-corrected chi connectivity index (χ1v) is 9.75. The van der Waals surface area contributed by atoms with Gasteiger partial charge in [-0.1, -0.05) is 65.9 Å². The molecule has 130 valence electrons. The van der Waals surface area contributed by atoms with Gasteiger partial charge in [0, 0.05) is 17.0 Å². The molecule has 27 heavy (non-hydrogen) atoms. The van der Waals surface area contributed by atoms with Gasteiger partial charge >= 0.3 is 0 Å². The Bertz CT molecular complexity index is 1180. The Labute approximate surface area is 167 Å². The van der Waals surface area contributed by atoms with Gasteiger partial charge in [0.25, 0.3) is 0 Å². The Morgan fingerprint density at radius 1 is 0.852 bits per heavy atom. The van der Waals surface area contributed by atoms with Crippen LogP contribution < -0.4 is 0 Å². The van der Waals surface area contributed by atoms with Crippen LogP contribution in [0.15, 0.2) is 78.9 Å². The van der Waals surface area contributed by atoms with Crippen molar-refractivity contribution in [2.24, 2.45) is 0 Å². The van der Waals surface area contributed by atoms with Gasteiger partial charge in [-0.25, -0.2) is 0 Å². The van der Waals surface area contributed by atoms with Crippen molar-refractivity contribution in [3.8, 4) is 11.8 Å². The first-order chi connectivity index (χ1) is 13.2. The number of carbonyl (C=O) groups excluding carboxylic acids is 1. The molecule has 0 bridgehead atoms. The maximum atomic E-state index is 12.6. The van der Waals surface area contributed by atoms with Crippen LogP contribution in [0.5, 0.6) is 0 Å². The Balaban J connectivity index is 1.49. The number of hydrogen-bond donors (Lipinski definition) is 0. The molecule has 1 heterocycles. The number of halogens is 1. The van der Waals surface area contributed by atoms with E-state index in [-0.39, 0.29) is 5.78 Å². The highest BCUT2D eigenvalue weighted by molar-refractivity contribution is 7.14. The fourth-order valence-corrected chi connectivity index (χ4v) is 3.77. The van der Waals surface area contributed by atoms with Crippen molar-refractivity contribution in [1.29, 1.82) is 0 Å². The van der Waals surface area contributed by atoms with Gasteiger partial charge in [-0.15, -0.1) is 11.3 Å². The summed E-state index contributed by atoms with van der Waals surface area (Å²) >= 11 is 7.32. The molecule has 0 saturated heterocycles. The normalized spacial score (nSPS) is 10.4. The number of hydrogen-bond acceptors (Lipinski definition) is 2. The lowest BCUT2D eigenvalue weighted by molar-refractivity contribution is 0.0997. The summed E-state index contributed by atoms with van der Waals surface area (Å²) in [6, 6.07) is 25.5. The smallest absolute Gasteiger partial charge is 0.177 e. The molecule has 0 aliphatic carbocycles. The van der Waals surface area contributed by atoms with Crippen LogP contribution in [-0.4, -0.2) is 5.78 Å². The number of ketones is 1. The molecule has 1 aromatic heterocycles. The Hall–Kier alpha value is -2.86. The van der Waals surface area contributed by atoms with E-state index in [1.54, 1.807) is 0 Å². The molecule has 0 atom stereocenters. The Morgan fingerprint density at radius 2 is 1.63 bits per heavy atom. The summed E-state index contributed by atoms with van der Waals surface area (Å²) in [6.45, 7) is 0. The maximum Gasteiger partial charge on any atom is 0.177 e. The molecule has 0 aliphatic rings. The van der Waals surface area contributed by atoms with Crippen LogP contribution in [0.4, 0.5) is 0 Å². The van der Waals surface area contributed by atoms with Crippen molar-refractivity contribution in [2.45, 2.75) is 6.42 Å². The molecule has 0 spiro atoms. The van der Waals surface area contributed by atoms with Crippen LogP contribution in [0.1, 0.15) is 25.7 Å². The van der Waals surface area contributed by atoms with E-state index in [0.29, 0.717) is 11.4 Å². The van der Waals surface area contributed by atoms with Crippen LogP contribution in [0.3, 0.4) is 0 Å². The van der Waals surface area contributed by atoms with Crippen LogP contribution in [0, 0.1) is 11.8 Å². The molecule has 0 amide bonds. The Morgan fingerprint density at radius 3 is 2.44 bits per heavy atom. The molecular weight excluding hydrogens is 372 g/mol. The first kappa shape index (κ1) is 17.5. The van der Waals surface area contributed by atoms with E-state index in [1.165, 1.54) is 16.7 Å². The van der Waals surface area contributed by atoms with Gasteiger partial charge in [-0.05, 0) is 52.7 Å². The molecule has 0 aliphatic heterocycles. The molecule has 3 aromatic carbocycles. The third-order valence-electron chi connectivity index (χ3n) is 4.23. The molecule has 0 unspecified atom stereocenters. The van der Waals surface area contributed by atoms with E-state index >= 15 is 0 Å². The number of benzene rings is 3. The van der Waals surface area contributed by atoms with E-state index < -0.39 is 0 Å². The zero-order chi connectivity index (χ0) is 18.6. The molecule has 0 radical (unpaired) electrons.